The zero-order valence-corrected chi connectivity index (χ0v) is 5.73. The van der Waals surface area contributed by atoms with E-state index in [2.05, 4.69) is 9.73 Å². The number of fused-ring (bicyclic) bond motifs is 1. The minimum absolute atomic E-state index is 0.242. The second kappa shape index (κ2) is 2.23. The van der Waals surface area contributed by atoms with E-state index in [1.165, 1.54) is 6.26 Å². The first-order valence-electron chi connectivity index (χ1n) is 3.22. The van der Waals surface area contributed by atoms with Crippen molar-refractivity contribution in [1.82, 2.24) is 4.90 Å². The van der Waals surface area contributed by atoms with Crippen molar-refractivity contribution < 1.29 is 9.53 Å². The molecule has 0 atom stereocenters. The summed E-state index contributed by atoms with van der Waals surface area (Å²) in [6.07, 6.45) is 6.42. The van der Waals surface area contributed by atoms with Crippen LogP contribution in [0, 0.1) is 0 Å². The minimum atomic E-state index is -0.242. The SMILES string of the molecule is O=C1CN2C=CN=CC2=CO1. The van der Waals surface area contributed by atoms with Crippen LogP contribution in [0.3, 0.4) is 0 Å². The average molecular weight is 150 g/mol. The quantitative estimate of drug-likeness (QED) is 0.464. The number of cyclic esters (lactones) is 1. The highest BCUT2D eigenvalue weighted by atomic mass is 16.5. The topological polar surface area (TPSA) is 41.9 Å². The largest absolute Gasteiger partial charge is 0.431 e. The fourth-order valence-electron chi connectivity index (χ4n) is 0.943. The van der Waals surface area contributed by atoms with Gasteiger partial charge in [-0.05, 0) is 0 Å². The predicted molar refractivity (Wildman–Crippen MR) is 38.5 cm³/mol. The number of aliphatic imine (C=N–C) groups is 1. The van der Waals surface area contributed by atoms with Crippen LogP contribution in [0.5, 0.6) is 0 Å². The molecule has 0 bridgehead atoms. The number of rotatable bonds is 0. The van der Waals surface area contributed by atoms with Gasteiger partial charge in [0.15, 0.2) is 0 Å². The number of carbonyl (C=O) groups is 1. The minimum Gasteiger partial charge on any atom is -0.431 e. The first-order chi connectivity index (χ1) is 5.36. The van der Waals surface area contributed by atoms with E-state index in [1.54, 1.807) is 23.5 Å². The highest BCUT2D eigenvalue weighted by Crippen LogP contribution is 2.12. The van der Waals surface area contributed by atoms with Crippen molar-refractivity contribution >= 4 is 12.2 Å². The third kappa shape index (κ3) is 1.02. The number of esters is 1. The lowest BCUT2D eigenvalue weighted by Gasteiger charge is -2.24. The Morgan fingerprint density at radius 3 is 3.45 bits per heavy atom. The molecule has 0 radical (unpaired) electrons. The summed E-state index contributed by atoms with van der Waals surface area (Å²) in [6.45, 7) is 0.272. The summed E-state index contributed by atoms with van der Waals surface area (Å²) in [5.74, 6) is -0.242. The normalized spacial score (nSPS) is 20.9. The van der Waals surface area contributed by atoms with Gasteiger partial charge in [-0.1, -0.05) is 0 Å². The summed E-state index contributed by atoms with van der Waals surface area (Å²) in [5.41, 5.74) is 0.812. The Balaban J connectivity index is 2.30. The molecule has 0 amide bonds. The Labute approximate surface area is 63.5 Å². The molecule has 0 aromatic carbocycles. The lowest BCUT2D eigenvalue weighted by atomic mass is 10.3. The smallest absolute Gasteiger partial charge is 0.330 e. The molecule has 0 spiro atoms. The molecule has 0 saturated carbocycles. The van der Waals surface area contributed by atoms with Crippen molar-refractivity contribution in [2.24, 2.45) is 4.99 Å². The first kappa shape index (κ1) is 6.15. The molecule has 0 unspecified atom stereocenters. The molecule has 2 aliphatic rings. The van der Waals surface area contributed by atoms with Gasteiger partial charge in [-0.2, -0.15) is 0 Å². The third-order valence-electron chi connectivity index (χ3n) is 1.48. The van der Waals surface area contributed by atoms with Crippen molar-refractivity contribution in [1.29, 1.82) is 0 Å². The Kier molecular flexibility index (Phi) is 1.25. The average Bonchev–Trinajstić information content (AvgIpc) is 2.04. The van der Waals surface area contributed by atoms with E-state index in [0.29, 0.717) is 0 Å². The number of hydrogen-bond donors (Lipinski definition) is 0. The molecule has 2 aliphatic heterocycles. The van der Waals surface area contributed by atoms with Crippen LogP contribution in [0.4, 0.5) is 0 Å². The van der Waals surface area contributed by atoms with Gasteiger partial charge < -0.3 is 9.64 Å². The summed E-state index contributed by atoms with van der Waals surface area (Å²) < 4.78 is 4.68. The maximum absolute atomic E-state index is 10.7. The van der Waals surface area contributed by atoms with E-state index in [-0.39, 0.29) is 12.5 Å². The van der Waals surface area contributed by atoms with Gasteiger partial charge in [0.05, 0.1) is 11.9 Å². The molecule has 0 aromatic rings. The van der Waals surface area contributed by atoms with E-state index in [0.717, 1.165) is 5.70 Å². The van der Waals surface area contributed by atoms with Gasteiger partial charge in [-0.3, -0.25) is 4.99 Å². The Hall–Kier alpha value is -1.58. The van der Waals surface area contributed by atoms with Gasteiger partial charge in [0.2, 0.25) is 0 Å². The molecule has 11 heavy (non-hydrogen) atoms. The molecular formula is C7H6N2O2. The van der Waals surface area contributed by atoms with Crippen molar-refractivity contribution in [3.05, 3.63) is 24.4 Å². The van der Waals surface area contributed by atoms with Crippen LogP contribution in [0.1, 0.15) is 0 Å². The maximum atomic E-state index is 10.7. The molecule has 2 rings (SSSR count). The third-order valence-corrected chi connectivity index (χ3v) is 1.48. The van der Waals surface area contributed by atoms with E-state index in [4.69, 9.17) is 0 Å². The van der Waals surface area contributed by atoms with Gasteiger partial charge in [0, 0.05) is 12.4 Å². The summed E-state index contributed by atoms with van der Waals surface area (Å²) in [6, 6.07) is 0. The fourth-order valence-corrected chi connectivity index (χ4v) is 0.943. The summed E-state index contributed by atoms with van der Waals surface area (Å²) in [7, 11) is 0. The number of carbonyl (C=O) groups excluding carboxylic acids is 1. The highest BCUT2D eigenvalue weighted by Gasteiger charge is 2.18. The monoisotopic (exact) mass is 150 g/mol. The molecule has 0 aliphatic carbocycles. The first-order valence-corrected chi connectivity index (χ1v) is 3.22. The molecular weight excluding hydrogens is 144 g/mol. The van der Waals surface area contributed by atoms with E-state index in [9.17, 15) is 4.79 Å². The summed E-state index contributed by atoms with van der Waals surface area (Å²) >= 11 is 0. The molecule has 0 saturated heterocycles. The van der Waals surface area contributed by atoms with Gasteiger partial charge in [0.25, 0.3) is 0 Å². The molecule has 0 fully saturated rings. The van der Waals surface area contributed by atoms with Crippen molar-refractivity contribution in [2.75, 3.05) is 6.54 Å². The van der Waals surface area contributed by atoms with Crippen LogP contribution in [-0.2, 0) is 9.53 Å². The van der Waals surface area contributed by atoms with E-state index >= 15 is 0 Å². The van der Waals surface area contributed by atoms with Crippen molar-refractivity contribution in [3.8, 4) is 0 Å². The van der Waals surface area contributed by atoms with Crippen molar-refractivity contribution in [2.45, 2.75) is 0 Å². The number of nitrogens with zero attached hydrogens (tertiary/aromatic N) is 2. The highest BCUT2D eigenvalue weighted by molar-refractivity contribution is 5.84. The van der Waals surface area contributed by atoms with Crippen LogP contribution in [0.15, 0.2) is 29.4 Å². The van der Waals surface area contributed by atoms with E-state index < -0.39 is 0 Å². The van der Waals surface area contributed by atoms with Gasteiger partial charge in [-0.25, -0.2) is 4.79 Å². The second-order valence-electron chi connectivity index (χ2n) is 2.24. The fraction of sp³-hybridized carbons (Fsp3) is 0.143. The van der Waals surface area contributed by atoms with Crippen LogP contribution in [0.2, 0.25) is 0 Å². The lowest BCUT2D eigenvalue weighted by molar-refractivity contribution is -0.139. The number of allylic oxidation sites excluding steroid dienone is 1. The number of ether oxygens (including phenoxy) is 1. The van der Waals surface area contributed by atoms with Crippen LogP contribution in [-0.4, -0.2) is 23.6 Å². The van der Waals surface area contributed by atoms with Gasteiger partial charge in [-0.15, -0.1) is 0 Å². The summed E-state index contributed by atoms with van der Waals surface area (Å²) in [4.78, 5) is 16.4. The zero-order valence-electron chi connectivity index (χ0n) is 5.73. The van der Waals surface area contributed by atoms with Gasteiger partial charge >= 0.3 is 5.97 Å². The lowest BCUT2D eigenvalue weighted by Crippen LogP contribution is -2.31. The molecule has 4 heteroatoms. The molecule has 56 valence electrons. The second-order valence-corrected chi connectivity index (χ2v) is 2.24. The van der Waals surface area contributed by atoms with Crippen LogP contribution >= 0.6 is 0 Å². The zero-order chi connectivity index (χ0) is 7.68. The van der Waals surface area contributed by atoms with Crippen molar-refractivity contribution in [3.63, 3.8) is 0 Å². The van der Waals surface area contributed by atoms with Crippen LogP contribution in [0.25, 0.3) is 0 Å². The van der Waals surface area contributed by atoms with E-state index in [1.807, 2.05) is 0 Å². The molecule has 0 N–H and O–H groups in total. The maximum Gasteiger partial charge on any atom is 0.330 e. The Bertz CT molecular complexity index is 278. The van der Waals surface area contributed by atoms with Crippen LogP contribution < -0.4 is 0 Å². The Morgan fingerprint density at radius 1 is 1.64 bits per heavy atom. The molecule has 2 heterocycles. The van der Waals surface area contributed by atoms with Gasteiger partial charge in [0.1, 0.15) is 12.8 Å². The predicted octanol–water partition coefficient (Wildman–Crippen LogP) is 0.242. The Morgan fingerprint density at radius 2 is 2.55 bits per heavy atom. The summed E-state index contributed by atoms with van der Waals surface area (Å²) in [5, 5.41) is 0. The standard InChI is InChI=1S/C7H6N2O2/c10-7-4-9-2-1-8-3-6(9)5-11-7/h1-3,5H,4H2. The number of hydrogen-bond acceptors (Lipinski definition) is 4. The molecule has 4 nitrogen and oxygen atoms in total. The molecule has 0 aromatic heterocycles.